The maximum atomic E-state index is 13.0. The van der Waals surface area contributed by atoms with Crippen molar-refractivity contribution in [1.29, 1.82) is 0 Å². The standard InChI is InChI=1S/C7H4BrF2NO2/c1-3-4(9)2-5(11(12)13)7(10)6(3)8/h2H,1H3. The summed E-state index contributed by atoms with van der Waals surface area (Å²) in [6, 6.07) is 0.565. The minimum Gasteiger partial charge on any atom is -0.258 e. The van der Waals surface area contributed by atoms with Crippen LogP contribution >= 0.6 is 15.9 Å². The van der Waals surface area contributed by atoms with Crippen LogP contribution in [0, 0.1) is 28.7 Å². The van der Waals surface area contributed by atoms with Crippen molar-refractivity contribution in [3.8, 4) is 0 Å². The minimum absolute atomic E-state index is 0.0168. The van der Waals surface area contributed by atoms with Gasteiger partial charge in [0, 0.05) is 5.56 Å². The van der Waals surface area contributed by atoms with E-state index >= 15 is 0 Å². The van der Waals surface area contributed by atoms with Gasteiger partial charge < -0.3 is 0 Å². The average Bonchev–Trinajstić information content (AvgIpc) is 2.07. The van der Waals surface area contributed by atoms with Crippen LogP contribution in [0.1, 0.15) is 5.56 Å². The van der Waals surface area contributed by atoms with Gasteiger partial charge in [-0.25, -0.2) is 4.39 Å². The number of nitrogens with zero attached hydrogens (tertiary/aromatic N) is 1. The summed E-state index contributed by atoms with van der Waals surface area (Å²) >= 11 is 2.73. The van der Waals surface area contributed by atoms with E-state index in [4.69, 9.17) is 0 Å². The third-order valence-electron chi connectivity index (χ3n) is 1.57. The molecule has 0 aliphatic heterocycles. The Morgan fingerprint density at radius 1 is 1.54 bits per heavy atom. The molecule has 0 amide bonds. The Bertz CT molecular complexity index is 381. The van der Waals surface area contributed by atoms with Crippen molar-refractivity contribution in [2.45, 2.75) is 6.92 Å². The predicted molar refractivity (Wildman–Crippen MR) is 45.4 cm³/mol. The molecule has 0 aliphatic carbocycles. The number of nitro benzene ring substituents is 1. The zero-order valence-electron chi connectivity index (χ0n) is 6.47. The van der Waals surface area contributed by atoms with Crippen molar-refractivity contribution in [3.05, 3.63) is 37.9 Å². The van der Waals surface area contributed by atoms with Crippen molar-refractivity contribution in [1.82, 2.24) is 0 Å². The van der Waals surface area contributed by atoms with Gasteiger partial charge in [0.2, 0.25) is 5.82 Å². The summed E-state index contributed by atoms with van der Waals surface area (Å²) in [6.45, 7) is 1.33. The first-order chi connectivity index (χ1) is 5.95. The molecule has 1 rings (SSSR count). The minimum atomic E-state index is -1.05. The molecular formula is C7H4BrF2NO2. The topological polar surface area (TPSA) is 43.1 Å². The number of benzene rings is 1. The van der Waals surface area contributed by atoms with Crippen molar-refractivity contribution in [3.63, 3.8) is 0 Å². The molecule has 0 saturated heterocycles. The molecule has 0 atom stereocenters. The molecule has 6 heteroatoms. The fourth-order valence-corrected chi connectivity index (χ4v) is 1.20. The van der Waals surface area contributed by atoms with E-state index in [0.717, 1.165) is 0 Å². The molecule has 0 N–H and O–H groups in total. The normalized spacial score (nSPS) is 10.2. The van der Waals surface area contributed by atoms with Crippen molar-refractivity contribution >= 4 is 21.6 Å². The molecule has 0 radical (unpaired) electrons. The zero-order valence-corrected chi connectivity index (χ0v) is 8.06. The van der Waals surface area contributed by atoms with Crippen molar-refractivity contribution < 1.29 is 13.7 Å². The van der Waals surface area contributed by atoms with E-state index in [0.29, 0.717) is 6.07 Å². The van der Waals surface area contributed by atoms with Gasteiger partial charge in [-0.15, -0.1) is 0 Å². The average molecular weight is 252 g/mol. The number of hydrogen-bond donors (Lipinski definition) is 0. The van der Waals surface area contributed by atoms with E-state index in [1.54, 1.807) is 0 Å². The Hall–Kier alpha value is -1.04. The first kappa shape index (κ1) is 10.0. The van der Waals surface area contributed by atoms with Gasteiger partial charge >= 0.3 is 5.69 Å². The van der Waals surface area contributed by atoms with Crippen molar-refractivity contribution in [2.24, 2.45) is 0 Å². The molecule has 13 heavy (non-hydrogen) atoms. The molecule has 0 spiro atoms. The molecule has 0 aliphatic rings. The summed E-state index contributed by atoms with van der Waals surface area (Å²) in [6.07, 6.45) is 0. The van der Waals surface area contributed by atoms with Gasteiger partial charge in [-0.05, 0) is 22.9 Å². The second-order valence-corrected chi connectivity index (χ2v) is 3.18. The van der Waals surface area contributed by atoms with E-state index in [1.165, 1.54) is 6.92 Å². The number of hydrogen-bond acceptors (Lipinski definition) is 2. The molecule has 0 saturated carbocycles. The van der Waals surface area contributed by atoms with Gasteiger partial charge in [-0.3, -0.25) is 10.1 Å². The van der Waals surface area contributed by atoms with E-state index in [1.807, 2.05) is 0 Å². The maximum Gasteiger partial charge on any atom is 0.308 e. The summed E-state index contributed by atoms with van der Waals surface area (Å²) in [7, 11) is 0. The summed E-state index contributed by atoms with van der Waals surface area (Å²) < 4.78 is 25.7. The van der Waals surface area contributed by atoms with E-state index in [-0.39, 0.29) is 10.0 Å². The quantitative estimate of drug-likeness (QED) is 0.438. The van der Waals surface area contributed by atoms with Crippen LogP contribution in [-0.4, -0.2) is 4.92 Å². The van der Waals surface area contributed by atoms with Gasteiger partial charge in [0.1, 0.15) is 5.82 Å². The molecule has 0 unspecified atom stereocenters. The highest BCUT2D eigenvalue weighted by atomic mass is 79.9. The molecular weight excluding hydrogens is 248 g/mol. The van der Waals surface area contributed by atoms with E-state index in [2.05, 4.69) is 15.9 Å². The summed E-state index contributed by atoms with van der Waals surface area (Å²) in [4.78, 5) is 9.25. The van der Waals surface area contributed by atoms with Crippen LogP contribution in [-0.2, 0) is 0 Å². The van der Waals surface area contributed by atoms with E-state index in [9.17, 15) is 18.9 Å². The smallest absolute Gasteiger partial charge is 0.258 e. The fourth-order valence-electron chi connectivity index (χ4n) is 0.806. The van der Waals surface area contributed by atoms with Crippen LogP contribution in [0.5, 0.6) is 0 Å². The van der Waals surface area contributed by atoms with Gasteiger partial charge in [0.15, 0.2) is 0 Å². The van der Waals surface area contributed by atoms with Crippen LogP contribution in [0.3, 0.4) is 0 Å². The number of nitro groups is 1. The van der Waals surface area contributed by atoms with Crippen molar-refractivity contribution in [2.75, 3.05) is 0 Å². The Balaban J connectivity index is 3.50. The molecule has 3 nitrogen and oxygen atoms in total. The number of halogens is 3. The first-order valence-electron chi connectivity index (χ1n) is 3.23. The lowest BCUT2D eigenvalue weighted by Gasteiger charge is -2.01. The SMILES string of the molecule is Cc1c(F)cc([N+](=O)[O-])c(F)c1Br. The third kappa shape index (κ3) is 1.67. The monoisotopic (exact) mass is 251 g/mol. The Morgan fingerprint density at radius 3 is 2.54 bits per heavy atom. The fraction of sp³-hybridized carbons (Fsp3) is 0.143. The van der Waals surface area contributed by atoms with Crippen LogP contribution < -0.4 is 0 Å². The zero-order chi connectivity index (χ0) is 10.2. The number of rotatable bonds is 1. The molecule has 0 aromatic heterocycles. The lowest BCUT2D eigenvalue weighted by atomic mass is 10.2. The Morgan fingerprint density at radius 2 is 2.08 bits per heavy atom. The lowest BCUT2D eigenvalue weighted by molar-refractivity contribution is -0.387. The molecule has 0 bridgehead atoms. The van der Waals surface area contributed by atoms with Crippen LogP contribution in [0.4, 0.5) is 14.5 Å². The van der Waals surface area contributed by atoms with Gasteiger partial charge in [-0.1, -0.05) is 0 Å². The molecule has 1 aromatic rings. The highest BCUT2D eigenvalue weighted by Crippen LogP contribution is 2.29. The lowest BCUT2D eigenvalue weighted by Crippen LogP contribution is -1.97. The first-order valence-corrected chi connectivity index (χ1v) is 4.03. The predicted octanol–water partition coefficient (Wildman–Crippen LogP) is 2.94. The van der Waals surface area contributed by atoms with E-state index < -0.39 is 22.2 Å². The van der Waals surface area contributed by atoms with Crippen LogP contribution in [0.25, 0.3) is 0 Å². The molecule has 70 valence electrons. The second-order valence-electron chi connectivity index (χ2n) is 2.39. The van der Waals surface area contributed by atoms with Crippen LogP contribution in [0.2, 0.25) is 0 Å². The highest BCUT2D eigenvalue weighted by molar-refractivity contribution is 9.10. The molecule has 0 heterocycles. The van der Waals surface area contributed by atoms with Gasteiger partial charge in [0.05, 0.1) is 15.5 Å². The highest BCUT2D eigenvalue weighted by Gasteiger charge is 2.21. The summed E-state index contributed by atoms with van der Waals surface area (Å²) in [5.41, 5.74) is -0.849. The Labute approximate surface area is 80.6 Å². The maximum absolute atomic E-state index is 13.0. The summed E-state index contributed by atoms with van der Waals surface area (Å²) in [5, 5.41) is 10.2. The largest absolute Gasteiger partial charge is 0.308 e. The van der Waals surface area contributed by atoms with Gasteiger partial charge in [-0.2, -0.15) is 4.39 Å². The second kappa shape index (κ2) is 3.37. The third-order valence-corrected chi connectivity index (χ3v) is 2.51. The molecule has 0 fully saturated rings. The summed E-state index contributed by atoms with van der Waals surface area (Å²) in [5.74, 6) is -1.86. The molecule has 1 aromatic carbocycles. The van der Waals surface area contributed by atoms with Crippen LogP contribution in [0.15, 0.2) is 10.5 Å². The van der Waals surface area contributed by atoms with Gasteiger partial charge in [0.25, 0.3) is 0 Å². The Kier molecular flexibility index (Phi) is 2.60.